The van der Waals surface area contributed by atoms with E-state index in [0.29, 0.717) is 6.04 Å². The third-order valence-corrected chi connectivity index (χ3v) is 4.41. The van der Waals surface area contributed by atoms with Crippen LogP contribution >= 0.6 is 0 Å². The normalized spacial score (nSPS) is 25.9. The number of amides is 1. The number of carbonyl (C=O) groups is 1. The van der Waals surface area contributed by atoms with Crippen molar-refractivity contribution < 1.29 is 4.79 Å². The predicted octanol–water partition coefficient (Wildman–Crippen LogP) is 2.25. The van der Waals surface area contributed by atoms with Crippen LogP contribution in [0.1, 0.15) is 47.7 Å². The molecule has 3 rings (SSSR count). The zero-order valence-electron chi connectivity index (χ0n) is 11.5. The average Bonchev–Trinajstić information content (AvgIpc) is 2.83. The van der Waals surface area contributed by atoms with Crippen molar-refractivity contribution in [2.24, 2.45) is 5.92 Å². The molecule has 1 saturated carbocycles. The lowest BCUT2D eigenvalue weighted by molar-refractivity contribution is 0.0936. The molecule has 1 amide bonds. The van der Waals surface area contributed by atoms with E-state index < -0.39 is 0 Å². The second kappa shape index (κ2) is 5.33. The Morgan fingerprint density at radius 2 is 2.26 bits per heavy atom. The summed E-state index contributed by atoms with van der Waals surface area (Å²) in [6, 6.07) is 6.46. The first kappa shape index (κ1) is 12.7. The highest BCUT2D eigenvalue weighted by Gasteiger charge is 2.24. The zero-order valence-corrected chi connectivity index (χ0v) is 11.5. The number of rotatable bonds is 2. The van der Waals surface area contributed by atoms with Crippen LogP contribution in [0.25, 0.3) is 0 Å². The van der Waals surface area contributed by atoms with Crippen LogP contribution in [0.5, 0.6) is 0 Å². The molecule has 102 valence electrons. The van der Waals surface area contributed by atoms with Crippen LogP contribution in [0.4, 0.5) is 0 Å². The van der Waals surface area contributed by atoms with Crippen molar-refractivity contribution in [2.75, 3.05) is 6.54 Å². The summed E-state index contributed by atoms with van der Waals surface area (Å²) in [7, 11) is 0. The first-order chi connectivity index (χ1) is 9.24. The van der Waals surface area contributed by atoms with Crippen molar-refractivity contribution in [1.29, 1.82) is 0 Å². The van der Waals surface area contributed by atoms with Gasteiger partial charge in [0.05, 0.1) is 0 Å². The summed E-state index contributed by atoms with van der Waals surface area (Å²) < 4.78 is 0. The molecule has 3 nitrogen and oxygen atoms in total. The third-order valence-electron chi connectivity index (χ3n) is 4.41. The Kier molecular flexibility index (Phi) is 3.56. The van der Waals surface area contributed by atoms with E-state index in [1.54, 1.807) is 0 Å². The van der Waals surface area contributed by atoms with Crippen molar-refractivity contribution in [3.05, 3.63) is 34.9 Å². The molecule has 2 N–H and O–H groups in total. The summed E-state index contributed by atoms with van der Waals surface area (Å²) in [4.78, 5) is 12.4. The van der Waals surface area contributed by atoms with E-state index in [-0.39, 0.29) is 5.91 Å². The molecule has 2 atom stereocenters. The molecule has 0 spiro atoms. The van der Waals surface area contributed by atoms with Crippen LogP contribution in [-0.2, 0) is 13.0 Å². The Morgan fingerprint density at radius 3 is 3.05 bits per heavy atom. The first-order valence-corrected chi connectivity index (χ1v) is 7.36. The van der Waals surface area contributed by atoms with Gasteiger partial charge in [0.15, 0.2) is 0 Å². The summed E-state index contributed by atoms with van der Waals surface area (Å²) in [6.07, 6.45) is 4.45. The molecule has 1 heterocycles. The molecule has 1 aliphatic heterocycles. The van der Waals surface area contributed by atoms with Crippen LogP contribution in [0.3, 0.4) is 0 Å². The van der Waals surface area contributed by atoms with Gasteiger partial charge in [-0.3, -0.25) is 4.79 Å². The fourth-order valence-corrected chi connectivity index (χ4v) is 3.35. The molecule has 19 heavy (non-hydrogen) atoms. The van der Waals surface area contributed by atoms with E-state index in [1.807, 2.05) is 12.1 Å². The molecule has 0 aromatic heterocycles. The number of carbonyl (C=O) groups excluding carboxylic acids is 1. The topological polar surface area (TPSA) is 41.1 Å². The number of hydrogen-bond acceptors (Lipinski definition) is 2. The summed E-state index contributed by atoms with van der Waals surface area (Å²) in [5.41, 5.74) is 3.40. The van der Waals surface area contributed by atoms with E-state index in [9.17, 15) is 4.79 Å². The maximum Gasteiger partial charge on any atom is 0.251 e. The highest BCUT2D eigenvalue weighted by Crippen LogP contribution is 2.25. The van der Waals surface area contributed by atoms with Gasteiger partial charge in [-0.2, -0.15) is 0 Å². The van der Waals surface area contributed by atoms with Gasteiger partial charge in [-0.05, 0) is 55.3 Å². The number of benzene rings is 1. The van der Waals surface area contributed by atoms with Crippen molar-refractivity contribution >= 4 is 5.91 Å². The lowest BCUT2D eigenvalue weighted by Gasteiger charge is -2.21. The van der Waals surface area contributed by atoms with Gasteiger partial charge in [-0.1, -0.05) is 19.1 Å². The number of hydrogen-bond donors (Lipinski definition) is 2. The molecule has 3 heteroatoms. The Labute approximate surface area is 114 Å². The fourth-order valence-electron chi connectivity index (χ4n) is 3.35. The van der Waals surface area contributed by atoms with Gasteiger partial charge in [0, 0.05) is 18.2 Å². The Bertz CT molecular complexity index is 484. The SMILES string of the molecule is CC1CCC(NC(=O)c2cccc3c2CCNC3)C1. The maximum atomic E-state index is 12.4. The minimum absolute atomic E-state index is 0.123. The summed E-state index contributed by atoms with van der Waals surface area (Å²) in [5.74, 6) is 0.872. The Balaban J connectivity index is 1.76. The molecule has 1 aromatic rings. The minimum atomic E-state index is 0.123. The average molecular weight is 258 g/mol. The molecular weight excluding hydrogens is 236 g/mol. The molecule has 0 saturated heterocycles. The van der Waals surface area contributed by atoms with E-state index in [4.69, 9.17) is 0 Å². The van der Waals surface area contributed by atoms with Gasteiger partial charge in [-0.25, -0.2) is 0 Å². The maximum absolute atomic E-state index is 12.4. The van der Waals surface area contributed by atoms with Crippen molar-refractivity contribution in [2.45, 2.75) is 45.2 Å². The van der Waals surface area contributed by atoms with Gasteiger partial charge in [0.1, 0.15) is 0 Å². The molecular formula is C16H22N2O. The van der Waals surface area contributed by atoms with E-state index in [0.717, 1.165) is 43.8 Å². The van der Waals surface area contributed by atoms with Crippen molar-refractivity contribution in [3.8, 4) is 0 Å². The predicted molar refractivity (Wildman–Crippen MR) is 76.1 cm³/mol. The van der Waals surface area contributed by atoms with Crippen LogP contribution in [0.15, 0.2) is 18.2 Å². The first-order valence-electron chi connectivity index (χ1n) is 7.36. The Morgan fingerprint density at radius 1 is 1.37 bits per heavy atom. The molecule has 1 aromatic carbocycles. The molecule has 2 unspecified atom stereocenters. The lowest BCUT2D eigenvalue weighted by atomic mass is 9.95. The van der Waals surface area contributed by atoms with E-state index >= 15 is 0 Å². The fraction of sp³-hybridized carbons (Fsp3) is 0.562. The van der Waals surface area contributed by atoms with Crippen molar-refractivity contribution in [3.63, 3.8) is 0 Å². The highest BCUT2D eigenvalue weighted by atomic mass is 16.1. The second-order valence-electron chi connectivity index (χ2n) is 5.96. The zero-order chi connectivity index (χ0) is 13.2. The van der Waals surface area contributed by atoms with Crippen LogP contribution in [0.2, 0.25) is 0 Å². The summed E-state index contributed by atoms with van der Waals surface area (Å²) >= 11 is 0. The molecule has 0 radical (unpaired) electrons. The highest BCUT2D eigenvalue weighted by molar-refractivity contribution is 5.96. The number of fused-ring (bicyclic) bond motifs is 1. The quantitative estimate of drug-likeness (QED) is 0.854. The van der Waals surface area contributed by atoms with Gasteiger partial charge < -0.3 is 10.6 Å². The van der Waals surface area contributed by atoms with Gasteiger partial charge in [0.2, 0.25) is 0 Å². The lowest BCUT2D eigenvalue weighted by Crippen LogP contribution is -2.35. The Hall–Kier alpha value is -1.35. The van der Waals surface area contributed by atoms with Gasteiger partial charge in [0.25, 0.3) is 5.91 Å². The van der Waals surface area contributed by atoms with E-state index in [2.05, 4.69) is 23.6 Å². The van der Waals surface area contributed by atoms with Gasteiger partial charge >= 0.3 is 0 Å². The van der Waals surface area contributed by atoms with Crippen molar-refractivity contribution in [1.82, 2.24) is 10.6 Å². The summed E-state index contributed by atoms with van der Waals surface area (Å²) in [5, 5.41) is 6.57. The molecule has 2 aliphatic rings. The summed E-state index contributed by atoms with van der Waals surface area (Å²) in [6.45, 7) is 4.12. The molecule has 0 bridgehead atoms. The smallest absolute Gasteiger partial charge is 0.251 e. The standard InChI is InChI=1S/C16H22N2O/c1-11-5-6-13(9-11)18-16(19)15-4-2-3-12-10-17-8-7-14(12)15/h2-4,11,13,17H,5-10H2,1H3,(H,18,19). The van der Waals surface area contributed by atoms with E-state index in [1.165, 1.54) is 17.5 Å². The van der Waals surface area contributed by atoms with Gasteiger partial charge in [-0.15, -0.1) is 0 Å². The minimum Gasteiger partial charge on any atom is -0.349 e. The molecule has 1 aliphatic carbocycles. The monoisotopic (exact) mass is 258 g/mol. The van der Waals surface area contributed by atoms with Crippen LogP contribution in [-0.4, -0.2) is 18.5 Å². The largest absolute Gasteiger partial charge is 0.349 e. The third kappa shape index (κ3) is 2.66. The second-order valence-corrected chi connectivity index (χ2v) is 5.96. The molecule has 1 fully saturated rings. The van der Waals surface area contributed by atoms with Crippen LogP contribution in [0, 0.1) is 5.92 Å². The number of nitrogens with one attached hydrogen (secondary N) is 2. The van der Waals surface area contributed by atoms with Crippen LogP contribution < -0.4 is 10.6 Å².